The first kappa shape index (κ1) is 23.1. The van der Waals surface area contributed by atoms with E-state index >= 15 is 0 Å². The number of phenolic OH excluding ortho intramolecular Hbond substituents is 1. The standard InChI is InChI=1S/C23H24BrN3O3S/c1-16(2)18-13-21(24)23(28)22(14-18)26-25-19-9-11-20(12-10-19)31(29,30)27(3)15-17-7-5-4-6-8-17/h4-14,16,28H,15H2,1-3H3. The van der Waals surface area contributed by atoms with Crippen LogP contribution < -0.4 is 0 Å². The number of halogens is 1. The van der Waals surface area contributed by atoms with E-state index in [0.717, 1.165) is 11.1 Å². The summed E-state index contributed by atoms with van der Waals surface area (Å²) in [4.78, 5) is 0.178. The van der Waals surface area contributed by atoms with Crippen molar-refractivity contribution in [3.8, 4) is 5.75 Å². The van der Waals surface area contributed by atoms with E-state index < -0.39 is 10.0 Å². The minimum Gasteiger partial charge on any atom is -0.505 e. The molecule has 0 spiro atoms. The molecule has 0 aliphatic rings. The maximum Gasteiger partial charge on any atom is 0.243 e. The predicted octanol–water partition coefficient (Wildman–Crippen LogP) is 6.51. The highest BCUT2D eigenvalue weighted by Gasteiger charge is 2.20. The summed E-state index contributed by atoms with van der Waals surface area (Å²) in [5.74, 6) is 0.276. The third-order valence-corrected chi connectivity index (χ3v) is 7.22. The molecular formula is C23H24BrN3O3S. The van der Waals surface area contributed by atoms with Crippen LogP contribution in [0.4, 0.5) is 11.4 Å². The van der Waals surface area contributed by atoms with Gasteiger partial charge in [0, 0.05) is 13.6 Å². The smallest absolute Gasteiger partial charge is 0.243 e. The second-order valence-corrected chi connectivity index (χ2v) is 10.4. The van der Waals surface area contributed by atoms with Crippen LogP contribution in [0.3, 0.4) is 0 Å². The first-order valence-corrected chi connectivity index (χ1v) is 12.0. The third-order valence-electron chi connectivity index (χ3n) is 4.80. The average Bonchev–Trinajstić information content (AvgIpc) is 2.75. The lowest BCUT2D eigenvalue weighted by Crippen LogP contribution is -2.26. The molecule has 0 atom stereocenters. The lowest BCUT2D eigenvalue weighted by molar-refractivity contribution is 0.466. The molecule has 8 heteroatoms. The molecule has 0 aromatic heterocycles. The number of phenols is 1. The number of nitrogens with zero attached hydrogens (tertiary/aromatic N) is 3. The van der Waals surface area contributed by atoms with Gasteiger partial charge in [-0.2, -0.15) is 9.42 Å². The molecule has 6 nitrogen and oxygen atoms in total. The summed E-state index contributed by atoms with van der Waals surface area (Å²) < 4.78 is 27.6. The van der Waals surface area contributed by atoms with Gasteiger partial charge in [-0.3, -0.25) is 0 Å². The summed E-state index contributed by atoms with van der Waals surface area (Å²) in [6.07, 6.45) is 0. The molecule has 0 bridgehead atoms. The molecule has 0 saturated carbocycles. The summed E-state index contributed by atoms with van der Waals surface area (Å²) in [6, 6.07) is 19.2. The van der Waals surface area contributed by atoms with Gasteiger partial charge in [0.25, 0.3) is 0 Å². The Hall–Kier alpha value is -2.55. The number of hydrogen-bond acceptors (Lipinski definition) is 5. The van der Waals surface area contributed by atoms with Crippen molar-refractivity contribution in [1.82, 2.24) is 4.31 Å². The lowest BCUT2D eigenvalue weighted by Gasteiger charge is -2.17. The van der Waals surface area contributed by atoms with Crippen LogP contribution in [0.2, 0.25) is 0 Å². The molecule has 0 amide bonds. The van der Waals surface area contributed by atoms with E-state index in [9.17, 15) is 13.5 Å². The summed E-state index contributed by atoms with van der Waals surface area (Å²) in [5.41, 5.74) is 2.75. The maximum absolute atomic E-state index is 12.8. The molecule has 0 aliphatic heterocycles. The van der Waals surface area contributed by atoms with Gasteiger partial charge in [0.05, 0.1) is 15.1 Å². The van der Waals surface area contributed by atoms with Gasteiger partial charge in [-0.25, -0.2) is 8.42 Å². The van der Waals surface area contributed by atoms with Crippen molar-refractivity contribution in [2.75, 3.05) is 7.05 Å². The molecule has 3 aromatic rings. The van der Waals surface area contributed by atoms with E-state index in [1.165, 1.54) is 16.4 Å². The van der Waals surface area contributed by atoms with Crippen LogP contribution in [0, 0.1) is 0 Å². The molecule has 0 fully saturated rings. The fourth-order valence-corrected chi connectivity index (χ4v) is 4.54. The zero-order chi connectivity index (χ0) is 22.6. The van der Waals surface area contributed by atoms with E-state index in [1.807, 2.05) is 50.2 Å². The number of hydrogen-bond donors (Lipinski definition) is 1. The van der Waals surface area contributed by atoms with Crippen molar-refractivity contribution in [3.05, 3.63) is 82.3 Å². The van der Waals surface area contributed by atoms with Crippen molar-refractivity contribution in [2.45, 2.75) is 31.2 Å². The van der Waals surface area contributed by atoms with Crippen LogP contribution in [0.15, 0.2) is 86.3 Å². The van der Waals surface area contributed by atoms with Gasteiger partial charge in [-0.05, 0) is 69.4 Å². The number of benzene rings is 3. The van der Waals surface area contributed by atoms with Gasteiger partial charge in [0.1, 0.15) is 5.69 Å². The minimum atomic E-state index is -3.63. The van der Waals surface area contributed by atoms with Crippen molar-refractivity contribution >= 4 is 37.3 Å². The third kappa shape index (κ3) is 5.58. The van der Waals surface area contributed by atoms with Gasteiger partial charge in [0.2, 0.25) is 10.0 Å². The van der Waals surface area contributed by atoms with Gasteiger partial charge in [-0.1, -0.05) is 44.2 Å². The van der Waals surface area contributed by atoms with Crippen LogP contribution in [-0.4, -0.2) is 24.9 Å². The predicted molar refractivity (Wildman–Crippen MR) is 126 cm³/mol. The molecule has 0 radical (unpaired) electrons. The minimum absolute atomic E-state index is 0.00915. The highest BCUT2D eigenvalue weighted by Crippen LogP contribution is 2.38. The molecule has 0 heterocycles. The van der Waals surface area contributed by atoms with Crippen LogP contribution >= 0.6 is 15.9 Å². The SMILES string of the molecule is CC(C)c1cc(Br)c(O)c(N=Nc2ccc(S(=O)(=O)N(C)Cc3ccccc3)cc2)c1. The Kier molecular flexibility index (Phi) is 7.25. The van der Waals surface area contributed by atoms with Crippen LogP contribution in [0.1, 0.15) is 30.9 Å². The molecule has 0 aliphatic carbocycles. The van der Waals surface area contributed by atoms with Crippen LogP contribution in [0.5, 0.6) is 5.75 Å². The number of azo groups is 1. The summed E-state index contributed by atoms with van der Waals surface area (Å²) in [7, 11) is -2.08. The van der Waals surface area contributed by atoms with E-state index in [4.69, 9.17) is 0 Å². The van der Waals surface area contributed by atoms with Crippen molar-refractivity contribution < 1.29 is 13.5 Å². The van der Waals surface area contributed by atoms with E-state index in [1.54, 1.807) is 25.2 Å². The van der Waals surface area contributed by atoms with Gasteiger partial charge in [0.15, 0.2) is 5.75 Å². The van der Waals surface area contributed by atoms with Crippen LogP contribution in [0.25, 0.3) is 0 Å². The Morgan fingerprint density at radius 2 is 1.65 bits per heavy atom. The number of rotatable bonds is 7. The number of sulfonamides is 1. The van der Waals surface area contributed by atoms with E-state index in [0.29, 0.717) is 15.8 Å². The molecule has 3 aromatic carbocycles. The Morgan fingerprint density at radius 3 is 2.26 bits per heavy atom. The molecule has 1 N–H and O–H groups in total. The van der Waals surface area contributed by atoms with Gasteiger partial charge in [-0.15, -0.1) is 5.11 Å². The lowest BCUT2D eigenvalue weighted by atomic mass is 10.0. The van der Waals surface area contributed by atoms with Gasteiger partial charge >= 0.3 is 0 Å². The fraction of sp³-hybridized carbons (Fsp3) is 0.217. The highest BCUT2D eigenvalue weighted by molar-refractivity contribution is 9.10. The summed E-state index contributed by atoms with van der Waals surface area (Å²) in [6.45, 7) is 4.38. The van der Waals surface area contributed by atoms with Gasteiger partial charge < -0.3 is 5.11 Å². The second kappa shape index (κ2) is 9.72. The largest absolute Gasteiger partial charge is 0.505 e. The number of aromatic hydroxyl groups is 1. The van der Waals surface area contributed by atoms with Crippen molar-refractivity contribution in [2.24, 2.45) is 10.2 Å². The topological polar surface area (TPSA) is 82.3 Å². The Morgan fingerprint density at radius 1 is 1.00 bits per heavy atom. The monoisotopic (exact) mass is 501 g/mol. The Balaban J connectivity index is 1.79. The summed E-state index contributed by atoms with van der Waals surface area (Å²) in [5, 5.41) is 18.5. The average molecular weight is 502 g/mol. The van der Waals surface area contributed by atoms with E-state index in [-0.39, 0.29) is 23.1 Å². The Bertz CT molecular complexity index is 1180. The molecule has 31 heavy (non-hydrogen) atoms. The molecule has 0 unspecified atom stereocenters. The molecule has 0 saturated heterocycles. The maximum atomic E-state index is 12.8. The second-order valence-electron chi connectivity index (χ2n) is 7.47. The highest BCUT2D eigenvalue weighted by atomic mass is 79.9. The molecule has 3 rings (SSSR count). The Labute approximate surface area is 191 Å². The normalized spacial score (nSPS) is 12.2. The van der Waals surface area contributed by atoms with E-state index in [2.05, 4.69) is 26.2 Å². The first-order chi connectivity index (χ1) is 14.7. The molecule has 162 valence electrons. The summed E-state index contributed by atoms with van der Waals surface area (Å²) >= 11 is 3.34. The van der Waals surface area contributed by atoms with Crippen molar-refractivity contribution in [1.29, 1.82) is 0 Å². The van der Waals surface area contributed by atoms with Crippen LogP contribution in [-0.2, 0) is 16.6 Å². The zero-order valence-electron chi connectivity index (χ0n) is 17.5. The first-order valence-electron chi connectivity index (χ1n) is 9.73. The zero-order valence-corrected chi connectivity index (χ0v) is 19.9. The van der Waals surface area contributed by atoms with Crippen molar-refractivity contribution in [3.63, 3.8) is 0 Å². The quantitative estimate of drug-likeness (QED) is 0.374. The fourth-order valence-electron chi connectivity index (χ4n) is 2.92. The molecular weight excluding hydrogens is 478 g/mol.